The Kier molecular flexibility index (Phi) is 2.06. The fourth-order valence-electron chi connectivity index (χ4n) is 0.852. The molecule has 1 aromatic rings. The minimum Gasteiger partial charge on any atom is -0.361 e. The molecule has 56 valence electrons. The van der Waals surface area contributed by atoms with Gasteiger partial charge < -0.3 is 10.7 Å². The summed E-state index contributed by atoms with van der Waals surface area (Å²) in [6, 6.07) is 1.18. The molecule has 0 aliphatic heterocycles. The van der Waals surface area contributed by atoms with Crippen LogP contribution in [-0.4, -0.2) is 4.98 Å². The summed E-state index contributed by atoms with van der Waals surface area (Å²) in [4.78, 5) is 2.76. The van der Waals surface area contributed by atoms with Crippen molar-refractivity contribution in [2.24, 2.45) is 5.73 Å². The summed E-state index contributed by atoms with van der Waals surface area (Å²) in [5, 5.41) is 0. The van der Waals surface area contributed by atoms with Crippen LogP contribution < -0.4 is 5.73 Å². The third-order valence-electron chi connectivity index (χ3n) is 1.54. The Hall–Kier alpha value is -0.830. The molecular weight excluding hydrogens is 131 g/mol. The lowest BCUT2D eigenvalue weighted by Crippen LogP contribution is -2.10. The average molecular weight is 142 g/mol. The number of rotatable bonds is 2. The van der Waals surface area contributed by atoms with E-state index < -0.39 is 0 Å². The number of hydrogen-bond donors (Lipinski definition) is 2. The van der Waals surface area contributed by atoms with E-state index in [4.69, 9.17) is 5.73 Å². The number of H-pyrrole nitrogens is 1. The van der Waals surface area contributed by atoms with Gasteiger partial charge in [-0.3, -0.25) is 0 Å². The molecular formula is C7H11FN2. The summed E-state index contributed by atoms with van der Waals surface area (Å²) in [7, 11) is 0. The van der Waals surface area contributed by atoms with Crippen molar-refractivity contribution in [1.82, 2.24) is 4.98 Å². The Morgan fingerprint density at radius 3 is 2.90 bits per heavy atom. The second-order valence-electron chi connectivity index (χ2n) is 2.25. The van der Waals surface area contributed by atoms with Crippen molar-refractivity contribution in [2.45, 2.75) is 19.4 Å². The van der Waals surface area contributed by atoms with Gasteiger partial charge in [0.2, 0.25) is 0 Å². The van der Waals surface area contributed by atoms with E-state index in [1.807, 2.05) is 6.92 Å². The van der Waals surface area contributed by atoms with Crippen LogP contribution in [0.5, 0.6) is 0 Å². The van der Waals surface area contributed by atoms with E-state index in [0.717, 1.165) is 6.42 Å². The lowest BCUT2D eigenvalue weighted by atomic mass is 10.2. The molecule has 10 heavy (non-hydrogen) atoms. The molecule has 0 unspecified atom stereocenters. The van der Waals surface area contributed by atoms with Gasteiger partial charge in [0.05, 0.1) is 5.69 Å². The molecule has 0 bridgehead atoms. The molecule has 0 amide bonds. The molecule has 0 aliphatic carbocycles. The molecule has 1 heterocycles. The topological polar surface area (TPSA) is 41.8 Å². The molecule has 0 aromatic carbocycles. The second-order valence-corrected chi connectivity index (χ2v) is 2.25. The smallest absolute Gasteiger partial charge is 0.145 e. The monoisotopic (exact) mass is 142 g/mol. The number of aromatic nitrogens is 1. The highest BCUT2D eigenvalue weighted by molar-refractivity contribution is 5.11. The van der Waals surface area contributed by atoms with E-state index in [1.165, 1.54) is 6.07 Å². The van der Waals surface area contributed by atoms with Gasteiger partial charge in [0.25, 0.3) is 0 Å². The van der Waals surface area contributed by atoms with Crippen molar-refractivity contribution >= 4 is 0 Å². The first-order valence-corrected chi connectivity index (χ1v) is 3.34. The number of nitrogens with two attached hydrogens (primary N) is 1. The van der Waals surface area contributed by atoms with Crippen LogP contribution in [0.25, 0.3) is 0 Å². The first-order chi connectivity index (χ1) is 4.75. The third-order valence-corrected chi connectivity index (χ3v) is 1.54. The van der Waals surface area contributed by atoms with Gasteiger partial charge in [-0.25, -0.2) is 4.39 Å². The summed E-state index contributed by atoms with van der Waals surface area (Å²) in [5.41, 5.74) is 6.07. The van der Waals surface area contributed by atoms with Gasteiger partial charge in [0.1, 0.15) is 5.82 Å². The number of aromatic amines is 1. The van der Waals surface area contributed by atoms with Crippen molar-refractivity contribution in [2.75, 3.05) is 0 Å². The molecule has 0 saturated carbocycles. The lowest BCUT2D eigenvalue weighted by molar-refractivity contribution is 0.570. The molecule has 0 aliphatic rings. The van der Waals surface area contributed by atoms with E-state index in [1.54, 1.807) is 6.20 Å². The van der Waals surface area contributed by atoms with Crippen molar-refractivity contribution in [3.63, 3.8) is 0 Å². The maximum Gasteiger partial charge on any atom is 0.145 e. The van der Waals surface area contributed by atoms with Crippen LogP contribution in [0.3, 0.4) is 0 Å². The molecule has 1 aromatic heterocycles. The summed E-state index contributed by atoms with van der Waals surface area (Å²) >= 11 is 0. The second kappa shape index (κ2) is 2.84. The fourth-order valence-corrected chi connectivity index (χ4v) is 0.852. The Bertz CT molecular complexity index is 207. The highest BCUT2D eigenvalue weighted by Crippen LogP contribution is 2.14. The molecule has 3 heteroatoms. The van der Waals surface area contributed by atoms with Gasteiger partial charge >= 0.3 is 0 Å². The van der Waals surface area contributed by atoms with Gasteiger partial charge in [-0.15, -0.1) is 0 Å². The number of nitrogens with one attached hydrogen (secondary N) is 1. The highest BCUT2D eigenvalue weighted by atomic mass is 19.1. The van der Waals surface area contributed by atoms with E-state index in [2.05, 4.69) is 4.98 Å². The highest BCUT2D eigenvalue weighted by Gasteiger charge is 2.08. The van der Waals surface area contributed by atoms with Crippen LogP contribution in [-0.2, 0) is 0 Å². The zero-order chi connectivity index (χ0) is 7.56. The van der Waals surface area contributed by atoms with Gasteiger partial charge in [-0.1, -0.05) is 6.92 Å². The molecule has 0 radical (unpaired) electrons. The van der Waals surface area contributed by atoms with Crippen LogP contribution in [0.4, 0.5) is 4.39 Å². The SMILES string of the molecule is CC[C@@H](N)c1[nH]ccc1F. The summed E-state index contributed by atoms with van der Waals surface area (Å²) < 4.78 is 12.7. The van der Waals surface area contributed by atoms with Crippen molar-refractivity contribution in [3.8, 4) is 0 Å². The minimum absolute atomic E-state index is 0.199. The predicted octanol–water partition coefficient (Wildman–Crippen LogP) is 1.56. The molecule has 0 spiro atoms. The van der Waals surface area contributed by atoms with Crippen molar-refractivity contribution < 1.29 is 4.39 Å². The minimum atomic E-state index is -0.241. The molecule has 1 rings (SSSR count). The predicted molar refractivity (Wildman–Crippen MR) is 38.0 cm³/mol. The van der Waals surface area contributed by atoms with Gasteiger partial charge in [-0.05, 0) is 12.5 Å². The van der Waals surface area contributed by atoms with Crippen molar-refractivity contribution in [3.05, 3.63) is 23.8 Å². The summed E-state index contributed by atoms with van der Waals surface area (Å²) in [6.45, 7) is 1.92. The molecule has 3 N–H and O–H groups in total. The van der Waals surface area contributed by atoms with Crippen molar-refractivity contribution in [1.29, 1.82) is 0 Å². The van der Waals surface area contributed by atoms with E-state index in [9.17, 15) is 4.39 Å². The number of hydrogen-bond acceptors (Lipinski definition) is 1. The quantitative estimate of drug-likeness (QED) is 0.646. The van der Waals surface area contributed by atoms with E-state index in [-0.39, 0.29) is 11.9 Å². The maximum atomic E-state index is 12.7. The van der Waals surface area contributed by atoms with Gasteiger partial charge in [0.15, 0.2) is 0 Å². The summed E-state index contributed by atoms with van der Waals surface area (Å²) in [6.07, 6.45) is 2.30. The fraction of sp³-hybridized carbons (Fsp3) is 0.429. The molecule has 0 fully saturated rings. The molecule has 1 atom stereocenters. The standard InChI is InChI=1S/C7H11FN2/c1-2-6(9)7-5(8)3-4-10-7/h3-4,6,10H,2,9H2,1H3/t6-/m1/s1. The van der Waals surface area contributed by atoms with Crippen LogP contribution in [0.1, 0.15) is 25.1 Å². The zero-order valence-electron chi connectivity index (χ0n) is 5.89. The summed E-state index contributed by atoms with van der Waals surface area (Å²) in [5.74, 6) is -0.241. The number of halogens is 1. The Labute approximate surface area is 59.2 Å². The zero-order valence-corrected chi connectivity index (χ0v) is 5.89. The van der Waals surface area contributed by atoms with Crippen LogP contribution >= 0.6 is 0 Å². The van der Waals surface area contributed by atoms with Gasteiger partial charge in [0, 0.05) is 12.2 Å². The van der Waals surface area contributed by atoms with Crippen LogP contribution in [0, 0.1) is 5.82 Å². The van der Waals surface area contributed by atoms with Crippen LogP contribution in [0.2, 0.25) is 0 Å². The van der Waals surface area contributed by atoms with E-state index >= 15 is 0 Å². The first-order valence-electron chi connectivity index (χ1n) is 3.34. The lowest BCUT2D eigenvalue weighted by Gasteiger charge is -2.04. The van der Waals surface area contributed by atoms with Gasteiger partial charge in [-0.2, -0.15) is 0 Å². The Morgan fingerprint density at radius 1 is 1.80 bits per heavy atom. The largest absolute Gasteiger partial charge is 0.361 e. The van der Waals surface area contributed by atoms with Crippen LogP contribution in [0.15, 0.2) is 12.3 Å². The third kappa shape index (κ3) is 1.19. The normalized spacial score (nSPS) is 13.5. The maximum absolute atomic E-state index is 12.7. The Balaban J connectivity index is 2.82. The van der Waals surface area contributed by atoms with E-state index in [0.29, 0.717) is 5.69 Å². The molecule has 0 saturated heterocycles. The Morgan fingerprint density at radius 2 is 2.50 bits per heavy atom. The average Bonchev–Trinajstić information content (AvgIpc) is 2.34. The first kappa shape index (κ1) is 7.28. The molecule has 2 nitrogen and oxygen atoms in total.